The molecule has 0 bridgehead atoms. The Kier molecular flexibility index (Phi) is 4.49. The van der Waals surface area contributed by atoms with Crippen molar-refractivity contribution < 1.29 is 4.79 Å². The van der Waals surface area contributed by atoms with Crippen molar-refractivity contribution in [3.05, 3.63) is 22.2 Å². The molecule has 1 unspecified atom stereocenters. The van der Waals surface area contributed by atoms with E-state index in [4.69, 9.17) is 0 Å². The summed E-state index contributed by atoms with van der Waals surface area (Å²) in [5.74, 6) is -0.0602. The largest absolute Gasteiger partial charge is 0.350 e. The van der Waals surface area contributed by atoms with Crippen molar-refractivity contribution in [1.82, 2.24) is 10.3 Å². The molecule has 1 aromatic heterocycles. The predicted molar refractivity (Wildman–Crippen MR) is 63.8 cm³/mol. The predicted octanol–water partition coefficient (Wildman–Crippen LogP) is 2.38. The van der Waals surface area contributed by atoms with Crippen molar-refractivity contribution in [3.8, 4) is 0 Å². The molecule has 0 aliphatic heterocycles. The lowest BCUT2D eigenvalue weighted by Crippen LogP contribution is -2.30. The van der Waals surface area contributed by atoms with Crippen LogP contribution in [0.1, 0.15) is 31.0 Å². The second-order valence-corrected chi connectivity index (χ2v) is 4.50. The van der Waals surface area contributed by atoms with Gasteiger partial charge in [0.15, 0.2) is 0 Å². The number of hydrogen-bond donors (Lipinski definition) is 1. The lowest BCUT2D eigenvalue weighted by atomic mass is 10.2. The van der Waals surface area contributed by atoms with Crippen molar-refractivity contribution in [2.75, 3.05) is 0 Å². The summed E-state index contributed by atoms with van der Waals surface area (Å²) in [4.78, 5) is 15.6. The van der Waals surface area contributed by atoms with E-state index in [2.05, 4.69) is 10.3 Å². The molecular formula is C11H16N2OS. The lowest BCUT2D eigenvalue weighted by molar-refractivity contribution is -0.117. The maximum Gasteiger partial charge on any atom is 0.244 e. The van der Waals surface area contributed by atoms with Gasteiger partial charge in [-0.2, -0.15) is 0 Å². The molecule has 4 heteroatoms. The first-order valence-corrected chi connectivity index (χ1v) is 5.90. The van der Waals surface area contributed by atoms with Gasteiger partial charge >= 0.3 is 0 Å². The topological polar surface area (TPSA) is 42.0 Å². The number of carbonyl (C=O) groups excluding carboxylic acids is 1. The summed E-state index contributed by atoms with van der Waals surface area (Å²) in [5.41, 5.74) is 0.844. The number of nitrogens with one attached hydrogen (secondary N) is 1. The van der Waals surface area contributed by atoms with Crippen LogP contribution in [0.4, 0.5) is 0 Å². The zero-order valence-electron chi connectivity index (χ0n) is 9.28. The van der Waals surface area contributed by atoms with E-state index in [9.17, 15) is 4.79 Å². The van der Waals surface area contributed by atoms with Crippen molar-refractivity contribution in [2.45, 2.75) is 33.2 Å². The highest BCUT2D eigenvalue weighted by Gasteiger charge is 2.01. The van der Waals surface area contributed by atoms with Crippen LogP contribution in [0.5, 0.6) is 0 Å². The zero-order valence-corrected chi connectivity index (χ0v) is 10.1. The van der Waals surface area contributed by atoms with Crippen molar-refractivity contribution in [1.29, 1.82) is 0 Å². The second kappa shape index (κ2) is 5.66. The van der Waals surface area contributed by atoms with E-state index in [0.29, 0.717) is 0 Å². The molecule has 0 aliphatic carbocycles. The minimum atomic E-state index is -0.0602. The quantitative estimate of drug-likeness (QED) is 0.798. The van der Waals surface area contributed by atoms with E-state index < -0.39 is 0 Å². The first-order chi connectivity index (χ1) is 7.11. The maximum absolute atomic E-state index is 11.4. The van der Waals surface area contributed by atoms with E-state index in [0.717, 1.165) is 17.1 Å². The highest BCUT2D eigenvalue weighted by atomic mass is 32.1. The van der Waals surface area contributed by atoms with E-state index in [1.54, 1.807) is 17.4 Å². The highest BCUT2D eigenvalue weighted by molar-refractivity contribution is 7.09. The Morgan fingerprint density at radius 1 is 1.73 bits per heavy atom. The molecule has 0 aromatic carbocycles. The Bertz CT molecular complexity index is 357. The van der Waals surface area contributed by atoms with Gasteiger partial charge in [0.1, 0.15) is 0 Å². The molecule has 15 heavy (non-hydrogen) atoms. The highest BCUT2D eigenvalue weighted by Crippen LogP contribution is 2.08. The van der Waals surface area contributed by atoms with Crippen molar-refractivity contribution in [2.24, 2.45) is 0 Å². The first-order valence-electron chi connectivity index (χ1n) is 5.02. The molecular weight excluding hydrogens is 208 g/mol. The second-order valence-electron chi connectivity index (χ2n) is 3.44. The minimum Gasteiger partial charge on any atom is -0.350 e. The minimum absolute atomic E-state index is 0.0602. The molecule has 1 amide bonds. The normalized spacial score (nSPS) is 13.0. The van der Waals surface area contributed by atoms with Crippen LogP contribution in [-0.4, -0.2) is 16.9 Å². The van der Waals surface area contributed by atoms with Gasteiger partial charge in [0.25, 0.3) is 0 Å². The molecule has 1 heterocycles. The Morgan fingerprint density at radius 3 is 3.00 bits per heavy atom. The standard InChI is InChI=1S/C11H16N2OS/c1-4-8(2)12-11(14)6-5-10-7-15-9(3)13-10/h5-8H,4H2,1-3H3,(H,12,14)/b6-5+. The summed E-state index contributed by atoms with van der Waals surface area (Å²) >= 11 is 1.58. The average Bonchev–Trinajstić information content (AvgIpc) is 2.61. The van der Waals surface area contributed by atoms with Crippen molar-refractivity contribution in [3.63, 3.8) is 0 Å². The Balaban J connectivity index is 2.47. The molecule has 0 aliphatic rings. The van der Waals surface area contributed by atoms with Gasteiger partial charge in [0, 0.05) is 17.5 Å². The number of carbonyl (C=O) groups is 1. The van der Waals surface area contributed by atoms with E-state index in [-0.39, 0.29) is 11.9 Å². The SMILES string of the molecule is CCC(C)NC(=O)/C=C/c1csc(C)n1. The maximum atomic E-state index is 11.4. The molecule has 1 aromatic rings. The lowest BCUT2D eigenvalue weighted by Gasteiger charge is -2.08. The van der Waals surface area contributed by atoms with Gasteiger partial charge in [-0.25, -0.2) is 4.98 Å². The number of aromatic nitrogens is 1. The summed E-state index contributed by atoms with van der Waals surface area (Å²) < 4.78 is 0. The smallest absolute Gasteiger partial charge is 0.244 e. The third-order valence-electron chi connectivity index (χ3n) is 2.04. The van der Waals surface area contributed by atoms with E-state index >= 15 is 0 Å². The fourth-order valence-electron chi connectivity index (χ4n) is 1.01. The number of amides is 1. The van der Waals surface area contributed by atoms with Gasteiger partial charge in [-0.1, -0.05) is 6.92 Å². The molecule has 3 nitrogen and oxygen atoms in total. The summed E-state index contributed by atoms with van der Waals surface area (Å²) in [7, 11) is 0. The monoisotopic (exact) mass is 224 g/mol. The summed E-state index contributed by atoms with van der Waals surface area (Å²) in [5, 5.41) is 5.80. The molecule has 1 rings (SSSR count). The molecule has 0 saturated heterocycles. The molecule has 0 saturated carbocycles. The molecule has 0 fully saturated rings. The van der Waals surface area contributed by atoms with Crippen LogP contribution >= 0.6 is 11.3 Å². The number of rotatable bonds is 4. The van der Waals surface area contributed by atoms with Gasteiger partial charge in [0.2, 0.25) is 5.91 Å². The van der Waals surface area contributed by atoms with Crippen LogP contribution in [0.2, 0.25) is 0 Å². The van der Waals surface area contributed by atoms with E-state index in [1.807, 2.05) is 26.2 Å². The Morgan fingerprint density at radius 2 is 2.47 bits per heavy atom. The molecule has 0 radical (unpaired) electrons. The van der Waals surface area contributed by atoms with Gasteiger partial charge in [-0.15, -0.1) is 11.3 Å². The number of aryl methyl sites for hydroxylation is 1. The average molecular weight is 224 g/mol. The van der Waals surface area contributed by atoms with Gasteiger partial charge in [-0.3, -0.25) is 4.79 Å². The van der Waals surface area contributed by atoms with Crippen LogP contribution in [0.25, 0.3) is 6.08 Å². The van der Waals surface area contributed by atoms with Crippen molar-refractivity contribution >= 4 is 23.3 Å². The first kappa shape index (κ1) is 11.9. The molecule has 82 valence electrons. The van der Waals surface area contributed by atoms with Gasteiger partial charge in [0.05, 0.1) is 10.7 Å². The summed E-state index contributed by atoms with van der Waals surface area (Å²) in [6, 6.07) is 0.222. The number of thiazole rings is 1. The molecule has 1 N–H and O–H groups in total. The van der Waals surface area contributed by atoms with Crippen LogP contribution in [0, 0.1) is 6.92 Å². The fraction of sp³-hybridized carbons (Fsp3) is 0.455. The summed E-state index contributed by atoms with van der Waals surface area (Å²) in [6.45, 7) is 5.97. The molecule has 1 atom stereocenters. The van der Waals surface area contributed by atoms with E-state index in [1.165, 1.54) is 6.08 Å². The fourth-order valence-corrected chi connectivity index (χ4v) is 1.59. The third kappa shape index (κ3) is 4.25. The van der Waals surface area contributed by atoms with Crippen LogP contribution in [-0.2, 0) is 4.79 Å². The Hall–Kier alpha value is -1.16. The van der Waals surface area contributed by atoms with Crippen LogP contribution in [0.3, 0.4) is 0 Å². The Labute approximate surface area is 94.2 Å². The van der Waals surface area contributed by atoms with Gasteiger partial charge < -0.3 is 5.32 Å². The molecule has 0 spiro atoms. The number of hydrogen-bond acceptors (Lipinski definition) is 3. The number of nitrogens with zero attached hydrogens (tertiary/aromatic N) is 1. The van der Waals surface area contributed by atoms with Gasteiger partial charge in [-0.05, 0) is 26.3 Å². The third-order valence-corrected chi connectivity index (χ3v) is 2.84. The zero-order chi connectivity index (χ0) is 11.3. The van der Waals surface area contributed by atoms with Crippen LogP contribution in [0.15, 0.2) is 11.5 Å². The van der Waals surface area contributed by atoms with Crippen LogP contribution < -0.4 is 5.32 Å². The summed E-state index contributed by atoms with van der Waals surface area (Å²) in [6.07, 6.45) is 4.21.